The van der Waals surface area contributed by atoms with E-state index in [1.165, 1.54) is 19.3 Å². The van der Waals surface area contributed by atoms with E-state index >= 15 is 0 Å². The molecular weight excluding hydrogens is 132 g/mol. The van der Waals surface area contributed by atoms with Gasteiger partial charge in [0.1, 0.15) is 0 Å². The van der Waals surface area contributed by atoms with Crippen LogP contribution in [0.25, 0.3) is 0 Å². The largest absolute Gasteiger partial charge is 0.0654 e. The Hall–Kier alpha value is 0. The molecule has 0 heteroatoms. The summed E-state index contributed by atoms with van der Waals surface area (Å²) >= 11 is 0. The van der Waals surface area contributed by atoms with Gasteiger partial charge in [-0.3, -0.25) is 0 Å². The molecule has 0 bridgehead atoms. The lowest BCUT2D eigenvalue weighted by molar-refractivity contribution is 0.0367. The average Bonchev–Trinajstić information content (AvgIpc) is 1.85. The molecule has 1 saturated carbocycles. The van der Waals surface area contributed by atoms with Gasteiger partial charge in [0.05, 0.1) is 0 Å². The van der Waals surface area contributed by atoms with Gasteiger partial charge in [0.15, 0.2) is 0 Å². The van der Waals surface area contributed by atoms with Crippen LogP contribution in [0.1, 0.15) is 47.0 Å². The summed E-state index contributed by atoms with van der Waals surface area (Å²) in [6.07, 6.45) is 4.34. The minimum Gasteiger partial charge on any atom is -0.0654 e. The molecule has 0 heterocycles. The highest BCUT2D eigenvalue weighted by atomic mass is 14.4. The van der Waals surface area contributed by atoms with Crippen molar-refractivity contribution in [3.63, 3.8) is 0 Å². The van der Waals surface area contributed by atoms with Crippen molar-refractivity contribution in [1.82, 2.24) is 0 Å². The standard InChI is InChI=1S/C11H22/c1-5-6-10-7-9(4)11(10)8(2)3/h8-11H,5-7H2,1-4H3. The fourth-order valence-electron chi connectivity index (χ4n) is 2.94. The molecule has 3 unspecified atom stereocenters. The Labute approximate surface area is 71.4 Å². The Morgan fingerprint density at radius 3 is 2.36 bits per heavy atom. The van der Waals surface area contributed by atoms with Gasteiger partial charge >= 0.3 is 0 Å². The van der Waals surface area contributed by atoms with Crippen molar-refractivity contribution in [2.75, 3.05) is 0 Å². The predicted molar refractivity (Wildman–Crippen MR) is 50.5 cm³/mol. The van der Waals surface area contributed by atoms with E-state index in [0.29, 0.717) is 0 Å². The molecule has 0 aliphatic heterocycles. The van der Waals surface area contributed by atoms with E-state index < -0.39 is 0 Å². The van der Waals surface area contributed by atoms with Crippen LogP contribution in [-0.4, -0.2) is 0 Å². The maximum Gasteiger partial charge on any atom is -0.0337 e. The zero-order valence-corrected chi connectivity index (χ0v) is 8.43. The zero-order valence-electron chi connectivity index (χ0n) is 8.43. The molecule has 0 spiro atoms. The normalized spacial score (nSPS) is 37.4. The minimum absolute atomic E-state index is 0.912. The molecule has 0 aromatic rings. The van der Waals surface area contributed by atoms with Gasteiger partial charge in [0.2, 0.25) is 0 Å². The third kappa shape index (κ3) is 1.77. The van der Waals surface area contributed by atoms with Crippen LogP contribution in [0.3, 0.4) is 0 Å². The second-order valence-electron chi connectivity index (χ2n) is 4.58. The first-order chi connectivity index (χ1) is 5.16. The van der Waals surface area contributed by atoms with E-state index in [0.717, 1.165) is 23.7 Å². The first-order valence-corrected chi connectivity index (χ1v) is 5.16. The van der Waals surface area contributed by atoms with Crippen molar-refractivity contribution in [3.8, 4) is 0 Å². The molecule has 0 nitrogen and oxygen atoms in total. The SMILES string of the molecule is CCCC1CC(C)C1C(C)C. The topological polar surface area (TPSA) is 0 Å². The highest BCUT2D eigenvalue weighted by molar-refractivity contribution is 4.87. The van der Waals surface area contributed by atoms with Gasteiger partial charge in [-0.15, -0.1) is 0 Å². The van der Waals surface area contributed by atoms with Crippen LogP contribution < -0.4 is 0 Å². The van der Waals surface area contributed by atoms with Gasteiger partial charge in [-0.05, 0) is 30.1 Å². The van der Waals surface area contributed by atoms with Gasteiger partial charge < -0.3 is 0 Å². The number of rotatable bonds is 3. The van der Waals surface area contributed by atoms with E-state index in [1.54, 1.807) is 0 Å². The summed E-state index contributed by atoms with van der Waals surface area (Å²) in [4.78, 5) is 0. The maximum atomic E-state index is 2.41. The third-order valence-electron chi connectivity index (χ3n) is 3.31. The summed E-state index contributed by atoms with van der Waals surface area (Å²) in [7, 11) is 0. The monoisotopic (exact) mass is 154 g/mol. The van der Waals surface area contributed by atoms with Crippen molar-refractivity contribution in [2.24, 2.45) is 23.7 Å². The predicted octanol–water partition coefficient (Wildman–Crippen LogP) is 3.71. The Kier molecular flexibility index (Phi) is 2.98. The van der Waals surface area contributed by atoms with Gasteiger partial charge in [0.25, 0.3) is 0 Å². The molecular formula is C11H22. The van der Waals surface area contributed by atoms with Crippen LogP contribution in [0.4, 0.5) is 0 Å². The lowest BCUT2D eigenvalue weighted by atomic mass is 9.60. The maximum absolute atomic E-state index is 2.41. The molecule has 0 N–H and O–H groups in total. The second-order valence-corrected chi connectivity index (χ2v) is 4.58. The molecule has 3 atom stereocenters. The van der Waals surface area contributed by atoms with Crippen molar-refractivity contribution >= 4 is 0 Å². The van der Waals surface area contributed by atoms with Crippen LogP contribution >= 0.6 is 0 Å². The fourth-order valence-corrected chi connectivity index (χ4v) is 2.94. The highest BCUT2D eigenvalue weighted by Gasteiger charge is 2.38. The summed E-state index contributed by atoms with van der Waals surface area (Å²) in [6.45, 7) is 9.48. The lowest BCUT2D eigenvalue weighted by Crippen LogP contribution is -2.38. The summed E-state index contributed by atoms with van der Waals surface area (Å²) in [5.41, 5.74) is 0. The Bertz CT molecular complexity index is 108. The average molecular weight is 154 g/mol. The number of hydrogen-bond donors (Lipinski definition) is 0. The minimum atomic E-state index is 0.912. The summed E-state index contributed by atoms with van der Waals surface area (Å²) in [6, 6.07) is 0. The fraction of sp³-hybridized carbons (Fsp3) is 1.00. The molecule has 66 valence electrons. The molecule has 1 aliphatic rings. The van der Waals surface area contributed by atoms with Crippen molar-refractivity contribution < 1.29 is 0 Å². The van der Waals surface area contributed by atoms with Crippen molar-refractivity contribution in [3.05, 3.63) is 0 Å². The number of hydrogen-bond acceptors (Lipinski definition) is 0. The van der Waals surface area contributed by atoms with Crippen LogP contribution in [0.2, 0.25) is 0 Å². The van der Waals surface area contributed by atoms with E-state index in [4.69, 9.17) is 0 Å². The van der Waals surface area contributed by atoms with E-state index in [1.807, 2.05) is 0 Å². The first kappa shape index (κ1) is 9.09. The molecule has 0 aromatic carbocycles. The van der Waals surface area contributed by atoms with Gasteiger partial charge in [-0.25, -0.2) is 0 Å². The second kappa shape index (κ2) is 3.60. The molecule has 1 fully saturated rings. The Morgan fingerprint density at radius 1 is 1.36 bits per heavy atom. The van der Waals surface area contributed by atoms with Crippen LogP contribution in [0.5, 0.6) is 0 Å². The Morgan fingerprint density at radius 2 is 2.00 bits per heavy atom. The van der Waals surface area contributed by atoms with Crippen LogP contribution in [-0.2, 0) is 0 Å². The molecule has 11 heavy (non-hydrogen) atoms. The van der Waals surface area contributed by atoms with Crippen molar-refractivity contribution in [2.45, 2.75) is 47.0 Å². The van der Waals surface area contributed by atoms with Gasteiger partial charge in [-0.1, -0.05) is 40.5 Å². The summed E-state index contributed by atoms with van der Waals surface area (Å²) in [5.74, 6) is 4.02. The summed E-state index contributed by atoms with van der Waals surface area (Å²) < 4.78 is 0. The molecule has 0 aromatic heterocycles. The molecule has 0 amide bonds. The van der Waals surface area contributed by atoms with Gasteiger partial charge in [0, 0.05) is 0 Å². The van der Waals surface area contributed by atoms with Crippen LogP contribution in [0, 0.1) is 23.7 Å². The highest BCUT2D eigenvalue weighted by Crippen LogP contribution is 2.46. The lowest BCUT2D eigenvalue weighted by Gasteiger charge is -2.46. The van der Waals surface area contributed by atoms with E-state index in [-0.39, 0.29) is 0 Å². The molecule has 1 rings (SSSR count). The van der Waals surface area contributed by atoms with Crippen LogP contribution in [0.15, 0.2) is 0 Å². The van der Waals surface area contributed by atoms with Gasteiger partial charge in [-0.2, -0.15) is 0 Å². The quantitative estimate of drug-likeness (QED) is 0.581. The van der Waals surface area contributed by atoms with E-state index in [9.17, 15) is 0 Å². The third-order valence-corrected chi connectivity index (χ3v) is 3.31. The molecule has 1 aliphatic carbocycles. The molecule has 0 radical (unpaired) electrons. The molecule has 0 saturated heterocycles. The first-order valence-electron chi connectivity index (χ1n) is 5.16. The smallest absolute Gasteiger partial charge is 0.0337 e. The van der Waals surface area contributed by atoms with Crippen molar-refractivity contribution in [1.29, 1.82) is 0 Å². The zero-order chi connectivity index (χ0) is 8.43. The Balaban J connectivity index is 2.35. The van der Waals surface area contributed by atoms with E-state index in [2.05, 4.69) is 27.7 Å². The summed E-state index contributed by atoms with van der Waals surface area (Å²) in [5, 5.41) is 0.